The normalized spacial score (nSPS) is 22.5. The van der Waals surface area contributed by atoms with Gasteiger partial charge in [0.2, 0.25) is 0 Å². The molecule has 2 N–H and O–H groups in total. The van der Waals surface area contributed by atoms with Crippen molar-refractivity contribution in [3.05, 3.63) is 21.9 Å². The van der Waals surface area contributed by atoms with Crippen LogP contribution in [0, 0.1) is 6.92 Å². The first-order valence-electron chi connectivity index (χ1n) is 5.92. The van der Waals surface area contributed by atoms with Crippen molar-refractivity contribution in [1.29, 1.82) is 0 Å². The highest BCUT2D eigenvalue weighted by Gasteiger charge is 2.17. The fourth-order valence-electron chi connectivity index (χ4n) is 2.03. The Balaban J connectivity index is 1.73. The Bertz CT molecular complexity index is 324. The number of rotatable bonds is 4. The lowest BCUT2D eigenvalue weighted by Gasteiger charge is -2.33. The number of thiophene rings is 1. The molecule has 1 saturated heterocycles. The van der Waals surface area contributed by atoms with Crippen LogP contribution in [0.25, 0.3) is 0 Å². The fraction of sp³-hybridized carbons (Fsp3) is 0.667. The van der Waals surface area contributed by atoms with E-state index in [1.54, 1.807) is 0 Å². The van der Waals surface area contributed by atoms with Crippen LogP contribution in [-0.4, -0.2) is 44.2 Å². The monoisotopic (exact) mass is 239 g/mol. The van der Waals surface area contributed by atoms with E-state index in [0.29, 0.717) is 6.04 Å². The van der Waals surface area contributed by atoms with Gasteiger partial charge in [-0.15, -0.1) is 11.3 Å². The van der Waals surface area contributed by atoms with E-state index < -0.39 is 0 Å². The van der Waals surface area contributed by atoms with Gasteiger partial charge in [-0.2, -0.15) is 0 Å². The van der Waals surface area contributed by atoms with Crippen molar-refractivity contribution in [1.82, 2.24) is 15.5 Å². The maximum absolute atomic E-state index is 3.56. The smallest absolute Gasteiger partial charge is 0.0342 e. The molecule has 0 bridgehead atoms. The summed E-state index contributed by atoms with van der Waals surface area (Å²) in [7, 11) is 2.21. The Morgan fingerprint density at radius 2 is 2.50 bits per heavy atom. The minimum atomic E-state index is 0.633. The van der Waals surface area contributed by atoms with Crippen LogP contribution in [0.5, 0.6) is 0 Å². The molecule has 0 aromatic carbocycles. The second-order valence-electron chi connectivity index (χ2n) is 4.50. The van der Waals surface area contributed by atoms with Gasteiger partial charge >= 0.3 is 0 Å². The first-order valence-corrected chi connectivity index (χ1v) is 6.80. The number of aryl methyl sites for hydroxylation is 1. The lowest BCUT2D eigenvalue weighted by molar-refractivity contribution is 0.195. The summed E-state index contributed by atoms with van der Waals surface area (Å²) < 4.78 is 0. The maximum atomic E-state index is 3.56. The zero-order chi connectivity index (χ0) is 11.4. The molecule has 2 heterocycles. The third-order valence-electron chi connectivity index (χ3n) is 3.28. The third kappa shape index (κ3) is 3.04. The summed E-state index contributed by atoms with van der Waals surface area (Å²) in [6.45, 7) is 7.64. The van der Waals surface area contributed by atoms with Gasteiger partial charge in [0.15, 0.2) is 0 Å². The molecule has 2 rings (SSSR count). The quantitative estimate of drug-likeness (QED) is 0.822. The summed E-state index contributed by atoms with van der Waals surface area (Å²) in [5.74, 6) is 0. The van der Waals surface area contributed by atoms with Crippen molar-refractivity contribution in [2.24, 2.45) is 0 Å². The van der Waals surface area contributed by atoms with Crippen LogP contribution in [-0.2, 0) is 6.54 Å². The molecule has 1 aliphatic heterocycles. The molecular weight excluding hydrogens is 218 g/mol. The van der Waals surface area contributed by atoms with Crippen LogP contribution in [0.15, 0.2) is 11.4 Å². The summed E-state index contributed by atoms with van der Waals surface area (Å²) in [4.78, 5) is 3.90. The van der Waals surface area contributed by atoms with Crippen LogP contribution in [0.1, 0.15) is 10.4 Å². The predicted octanol–water partition coefficient (Wildman–Crippen LogP) is 1.05. The molecular formula is C12H21N3S. The number of nitrogens with one attached hydrogen (secondary N) is 2. The largest absolute Gasteiger partial charge is 0.314 e. The summed E-state index contributed by atoms with van der Waals surface area (Å²) >= 11 is 1.85. The van der Waals surface area contributed by atoms with E-state index in [-0.39, 0.29) is 0 Å². The van der Waals surface area contributed by atoms with Crippen molar-refractivity contribution in [3.63, 3.8) is 0 Å². The highest BCUT2D eigenvalue weighted by Crippen LogP contribution is 2.14. The molecule has 0 amide bonds. The second kappa shape index (κ2) is 5.77. The topological polar surface area (TPSA) is 27.3 Å². The van der Waals surface area contributed by atoms with Crippen molar-refractivity contribution in [2.75, 3.05) is 33.2 Å². The van der Waals surface area contributed by atoms with Crippen molar-refractivity contribution in [2.45, 2.75) is 19.5 Å². The third-order valence-corrected chi connectivity index (χ3v) is 4.30. The lowest BCUT2D eigenvalue weighted by Crippen LogP contribution is -2.53. The minimum Gasteiger partial charge on any atom is -0.314 e. The van der Waals surface area contributed by atoms with Gasteiger partial charge in [0.1, 0.15) is 0 Å². The SMILES string of the molecule is Cc1ccsc1CNCC1CNCCN1C. The molecule has 0 aliphatic carbocycles. The van der Waals surface area contributed by atoms with E-state index in [1.165, 1.54) is 10.4 Å². The Labute approximate surface area is 102 Å². The predicted molar refractivity (Wildman–Crippen MR) is 70.1 cm³/mol. The van der Waals surface area contributed by atoms with Gasteiger partial charge < -0.3 is 10.6 Å². The van der Waals surface area contributed by atoms with Gasteiger partial charge in [-0.05, 0) is 31.0 Å². The van der Waals surface area contributed by atoms with Crippen LogP contribution < -0.4 is 10.6 Å². The summed E-state index contributed by atoms with van der Waals surface area (Å²) in [5, 5.41) is 9.17. The molecule has 1 aromatic rings. The van der Waals surface area contributed by atoms with Gasteiger partial charge in [-0.3, -0.25) is 4.90 Å². The second-order valence-corrected chi connectivity index (χ2v) is 5.50. The summed E-state index contributed by atoms with van der Waals surface area (Å²) in [6, 6.07) is 2.82. The van der Waals surface area contributed by atoms with Crippen molar-refractivity contribution < 1.29 is 0 Å². The Morgan fingerprint density at radius 3 is 3.19 bits per heavy atom. The molecule has 0 saturated carbocycles. The standard InChI is InChI=1S/C12H21N3S/c1-10-3-6-16-12(10)9-14-8-11-7-13-4-5-15(11)2/h3,6,11,13-14H,4-5,7-9H2,1-2H3. The van der Waals surface area contributed by atoms with Gasteiger partial charge in [-0.25, -0.2) is 0 Å². The molecule has 0 radical (unpaired) electrons. The number of piperazine rings is 1. The maximum Gasteiger partial charge on any atom is 0.0342 e. The van der Waals surface area contributed by atoms with Gasteiger partial charge in [0.25, 0.3) is 0 Å². The van der Waals surface area contributed by atoms with E-state index in [0.717, 1.165) is 32.7 Å². The molecule has 16 heavy (non-hydrogen) atoms. The highest BCUT2D eigenvalue weighted by molar-refractivity contribution is 7.10. The lowest BCUT2D eigenvalue weighted by atomic mass is 10.2. The van der Waals surface area contributed by atoms with Crippen LogP contribution in [0.3, 0.4) is 0 Å². The first-order chi connectivity index (χ1) is 7.77. The van der Waals surface area contributed by atoms with Crippen molar-refractivity contribution >= 4 is 11.3 Å². The highest BCUT2D eigenvalue weighted by atomic mass is 32.1. The Kier molecular flexibility index (Phi) is 4.35. The number of nitrogens with zero attached hydrogens (tertiary/aromatic N) is 1. The average molecular weight is 239 g/mol. The molecule has 4 heteroatoms. The van der Waals surface area contributed by atoms with Crippen LogP contribution in [0.4, 0.5) is 0 Å². The Hall–Kier alpha value is -0.420. The van der Waals surface area contributed by atoms with E-state index in [2.05, 4.69) is 41.0 Å². The van der Waals surface area contributed by atoms with Gasteiger partial charge in [-0.1, -0.05) is 0 Å². The fourth-order valence-corrected chi connectivity index (χ4v) is 2.90. The zero-order valence-corrected chi connectivity index (χ0v) is 10.9. The van der Waals surface area contributed by atoms with E-state index in [4.69, 9.17) is 0 Å². The zero-order valence-electron chi connectivity index (χ0n) is 10.1. The molecule has 1 atom stereocenters. The number of hydrogen-bond acceptors (Lipinski definition) is 4. The number of hydrogen-bond donors (Lipinski definition) is 2. The summed E-state index contributed by atoms with van der Waals surface area (Å²) in [5.41, 5.74) is 1.41. The first kappa shape index (κ1) is 12.0. The van der Waals surface area contributed by atoms with E-state index in [9.17, 15) is 0 Å². The van der Waals surface area contributed by atoms with Crippen molar-refractivity contribution in [3.8, 4) is 0 Å². The number of likely N-dealkylation sites (N-methyl/N-ethyl adjacent to an activating group) is 1. The van der Waals surface area contributed by atoms with E-state index >= 15 is 0 Å². The van der Waals surface area contributed by atoms with Crippen LogP contribution in [0.2, 0.25) is 0 Å². The molecule has 3 nitrogen and oxygen atoms in total. The van der Waals surface area contributed by atoms with Gasteiger partial charge in [0.05, 0.1) is 0 Å². The van der Waals surface area contributed by atoms with E-state index in [1.807, 2.05) is 11.3 Å². The summed E-state index contributed by atoms with van der Waals surface area (Å²) in [6.07, 6.45) is 0. The molecule has 0 spiro atoms. The average Bonchev–Trinajstić information content (AvgIpc) is 2.67. The Morgan fingerprint density at radius 1 is 1.62 bits per heavy atom. The van der Waals surface area contributed by atoms with Crippen LogP contribution >= 0.6 is 11.3 Å². The minimum absolute atomic E-state index is 0.633. The van der Waals surface area contributed by atoms with Gasteiger partial charge in [0, 0.05) is 43.6 Å². The molecule has 1 aliphatic rings. The molecule has 1 unspecified atom stereocenters. The molecule has 90 valence electrons. The molecule has 1 fully saturated rings. The molecule has 1 aromatic heterocycles.